The van der Waals surface area contributed by atoms with Crippen LogP contribution in [0.4, 0.5) is 0 Å². The Bertz CT molecular complexity index is 903. The van der Waals surface area contributed by atoms with Crippen molar-refractivity contribution < 1.29 is 24.2 Å². The Morgan fingerprint density at radius 2 is 2.00 bits per heavy atom. The quantitative estimate of drug-likeness (QED) is 0.652. The molecule has 1 aromatic heterocycles. The first-order chi connectivity index (χ1) is 12.7. The molecule has 6 nitrogen and oxygen atoms in total. The number of carboxylic acids is 1. The van der Waals surface area contributed by atoms with E-state index >= 15 is 0 Å². The molecule has 0 saturated carbocycles. The van der Waals surface area contributed by atoms with Gasteiger partial charge in [0.15, 0.2) is 0 Å². The predicted octanol–water partition coefficient (Wildman–Crippen LogP) is 3.76. The van der Waals surface area contributed by atoms with Crippen molar-refractivity contribution in [2.45, 2.75) is 39.5 Å². The summed E-state index contributed by atoms with van der Waals surface area (Å²) in [6.45, 7) is 6.18. The number of benzene rings is 1. The van der Waals surface area contributed by atoms with Crippen LogP contribution in [0, 0.1) is 12.3 Å². The third kappa shape index (κ3) is 3.94. The van der Waals surface area contributed by atoms with Crippen molar-refractivity contribution in [3.8, 4) is 11.5 Å². The fraction of sp³-hybridized carbons (Fsp3) is 0.381. The molecular weight excluding hydrogens is 346 g/mol. The molecule has 6 heteroatoms. The number of aromatic carboxylic acids is 1. The number of aromatic nitrogens is 1. The highest BCUT2D eigenvalue weighted by molar-refractivity contribution is 5.91. The summed E-state index contributed by atoms with van der Waals surface area (Å²) in [5, 5.41) is 9.17. The molecule has 142 valence electrons. The maximum absolute atomic E-state index is 12.9. The number of ether oxygens (including phenoxy) is 2. The van der Waals surface area contributed by atoms with E-state index in [2.05, 4.69) is 18.8 Å². The van der Waals surface area contributed by atoms with Gasteiger partial charge in [-0.05, 0) is 48.4 Å². The molecule has 1 aromatic carbocycles. The lowest BCUT2D eigenvalue weighted by molar-refractivity contribution is -0.137. The summed E-state index contributed by atoms with van der Waals surface area (Å²) in [7, 11) is 1.38. The topological polar surface area (TPSA) is 85.7 Å². The second kappa shape index (κ2) is 7.02. The van der Waals surface area contributed by atoms with Crippen LogP contribution in [-0.2, 0) is 11.2 Å². The van der Waals surface area contributed by atoms with Crippen molar-refractivity contribution in [3.63, 3.8) is 0 Å². The molecule has 1 aliphatic carbocycles. The van der Waals surface area contributed by atoms with E-state index in [4.69, 9.17) is 9.47 Å². The summed E-state index contributed by atoms with van der Waals surface area (Å²) in [6, 6.07) is 6.25. The highest BCUT2D eigenvalue weighted by Crippen LogP contribution is 2.42. The first-order valence-corrected chi connectivity index (χ1v) is 8.78. The zero-order valence-corrected chi connectivity index (χ0v) is 15.9. The normalized spacial score (nSPS) is 17.7. The smallest absolute Gasteiger partial charge is 0.339 e. The maximum atomic E-state index is 12.9. The molecule has 3 rings (SSSR count). The number of carbonyl (C=O) groups excluding carboxylic acids is 1. The van der Waals surface area contributed by atoms with Crippen LogP contribution < -0.4 is 9.47 Å². The maximum Gasteiger partial charge on any atom is 0.339 e. The Hall–Kier alpha value is -2.89. The molecule has 0 aliphatic heterocycles. The third-order valence-corrected chi connectivity index (χ3v) is 4.82. The first-order valence-electron chi connectivity index (χ1n) is 8.78. The van der Waals surface area contributed by atoms with Crippen molar-refractivity contribution in [1.82, 2.24) is 4.98 Å². The number of hydrogen-bond acceptors (Lipinski definition) is 5. The van der Waals surface area contributed by atoms with Crippen LogP contribution in [0.15, 0.2) is 30.5 Å². The van der Waals surface area contributed by atoms with E-state index < -0.39 is 11.9 Å². The highest BCUT2D eigenvalue weighted by Gasteiger charge is 2.38. The van der Waals surface area contributed by atoms with Crippen LogP contribution in [0.25, 0.3) is 0 Å². The second-order valence-electron chi connectivity index (χ2n) is 7.73. The van der Waals surface area contributed by atoms with Gasteiger partial charge >= 0.3 is 11.9 Å². The van der Waals surface area contributed by atoms with Crippen molar-refractivity contribution in [2.24, 2.45) is 5.41 Å². The van der Waals surface area contributed by atoms with Gasteiger partial charge in [-0.1, -0.05) is 19.9 Å². The molecule has 0 radical (unpaired) electrons. The Morgan fingerprint density at radius 3 is 2.67 bits per heavy atom. The number of nitrogens with zero attached hydrogens (tertiary/aromatic N) is 1. The number of methoxy groups -OCH3 is 1. The van der Waals surface area contributed by atoms with Gasteiger partial charge in [-0.15, -0.1) is 0 Å². The van der Waals surface area contributed by atoms with Crippen LogP contribution in [0.1, 0.15) is 53.4 Å². The van der Waals surface area contributed by atoms with Gasteiger partial charge in [-0.25, -0.2) is 4.79 Å². The number of carbonyl (C=O) groups is 2. The summed E-state index contributed by atoms with van der Waals surface area (Å²) in [5.74, 6) is -1.49. The van der Waals surface area contributed by atoms with Crippen molar-refractivity contribution in [1.29, 1.82) is 0 Å². The number of pyridine rings is 1. The van der Waals surface area contributed by atoms with Gasteiger partial charge in [0.2, 0.25) is 0 Å². The number of esters is 1. The summed E-state index contributed by atoms with van der Waals surface area (Å²) in [5.41, 5.74) is 2.79. The van der Waals surface area contributed by atoms with E-state index in [0.717, 1.165) is 23.2 Å². The van der Waals surface area contributed by atoms with Gasteiger partial charge in [0.1, 0.15) is 17.1 Å². The Kier molecular flexibility index (Phi) is 4.91. The zero-order valence-electron chi connectivity index (χ0n) is 15.9. The molecule has 0 amide bonds. The number of aryl methyl sites for hydroxylation is 1. The Balaban J connectivity index is 1.90. The molecule has 1 unspecified atom stereocenters. The van der Waals surface area contributed by atoms with Crippen LogP contribution in [0.5, 0.6) is 11.5 Å². The number of fused-ring (bicyclic) bond motifs is 1. The average Bonchev–Trinajstić information content (AvgIpc) is 2.60. The van der Waals surface area contributed by atoms with Crippen molar-refractivity contribution in [2.75, 3.05) is 7.11 Å². The van der Waals surface area contributed by atoms with E-state index in [1.54, 1.807) is 0 Å². The second-order valence-corrected chi connectivity index (χ2v) is 7.73. The number of carboxylic acid groups (broad SMARTS) is 1. The summed E-state index contributed by atoms with van der Waals surface area (Å²) >= 11 is 0. The van der Waals surface area contributed by atoms with Crippen LogP contribution >= 0.6 is 0 Å². The van der Waals surface area contributed by atoms with E-state index in [1.807, 2.05) is 19.2 Å². The Morgan fingerprint density at radius 1 is 1.26 bits per heavy atom. The molecule has 27 heavy (non-hydrogen) atoms. The monoisotopic (exact) mass is 369 g/mol. The van der Waals surface area contributed by atoms with Crippen LogP contribution in [0.3, 0.4) is 0 Å². The third-order valence-electron chi connectivity index (χ3n) is 4.82. The van der Waals surface area contributed by atoms with E-state index in [1.165, 1.54) is 25.3 Å². The van der Waals surface area contributed by atoms with E-state index in [0.29, 0.717) is 6.42 Å². The van der Waals surface area contributed by atoms with Crippen molar-refractivity contribution in [3.05, 3.63) is 52.8 Å². The molecule has 0 bridgehead atoms. The van der Waals surface area contributed by atoms with Crippen LogP contribution in [-0.4, -0.2) is 29.1 Å². The summed E-state index contributed by atoms with van der Waals surface area (Å²) in [4.78, 5) is 28.7. The Labute approximate surface area is 158 Å². The molecule has 1 heterocycles. The van der Waals surface area contributed by atoms with Gasteiger partial charge < -0.3 is 14.6 Å². The number of hydrogen-bond donors (Lipinski definition) is 1. The molecule has 0 saturated heterocycles. The van der Waals surface area contributed by atoms with Crippen LogP contribution in [0.2, 0.25) is 0 Å². The van der Waals surface area contributed by atoms with Gasteiger partial charge in [-0.3, -0.25) is 9.78 Å². The minimum Gasteiger partial charge on any atom is -0.496 e. The average molecular weight is 369 g/mol. The lowest BCUT2D eigenvalue weighted by Gasteiger charge is -2.35. The van der Waals surface area contributed by atoms with E-state index in [9.17, 15) is 14.7 Å². The standard InChI is InChI=1S/C21H23NO5/c1-12-7-15-16(9-21(2,3)10-17(15)22-11-12)20(25)27-13-5-6-14(19(23)24)18(8-13)26-4/h5-8,11,16H,9-10H2,1-4H3,(H,23,24). The predicted molar refractivity (Wildman–Crippen MR) is 99.4 cm³/mol. The molecule has 1 aliphatic rings. The minimum absolute atomic E-state index is 0.0151. The molecule has 0 fully saturated rings. The molecule has 1 atom stereocenters. The van der Waals surface area contributed by atoms with Gasteiger partial charge in [-0.2, -0.15) is 0 Å². The fourth-order valence-electron chi connectivity index (χ4n) is 3.57. The molecular formula is C21H23NO5. The molecule has 0 spiro atoms. The lowest BCUT2D eigenvalue weighted by atomic mass is 9.70. The summed E-state index contributed by atoms with van der Waals surface area (Å²) in [6.07, 6.45) is 3.29. The van der Waals surface area contributed by atoms with Crippen molar-refractivity contribution >= 4 is 11.9 Å². The fourth-order valence-corrected chi connectivity index (χ4v) is 3.57. The van der Waals surface area contributed by atoms with Gasteiger partial charge in [0, 0.05) is 18.0 Å². The summed E-state index contributed by atoms with van der Waals surface area (Å²) < 4.78 is 10.7. The SMILES string of the molecule is COc1cc(OC(=O)C2CC(C)(C)Cc3ncc(C)cc32)ccc1C(=O)O. The van der Waals surface area contributed by atoms with Gasteiger partial charge in [0.25, 0.3) is 0 Å². The first kappa shape index (κ1) is 18.9. The number of rotatable bonds is 4. The van der Waals surface area contributed by atoms with Gasteiger partial charge in [0.05, 0.1) is 13.0 Å². The molecule has 1 N–H and O–H groups in total. The largest absolute Gasteiger partial charge is 0.496 e. The highest BCUT2D eigenvalue weighted by atomic mass is 16.5. The lowest BCUT2D eigenvalue weighted by Crippen LogP contribution is -2.32. The zero-order chi connectivity index (χ0) is 19.8. The minimum atomic E-state index is -1.10. The van der Waals surface area contributed by atoms with E-state index in [-0.39, 0.29) is 28.4 Å². The molecule has 2 aromatic rings.